The molecule has 1 N–H and O–H groups in total. The van der Waals surface area contributed by atoms with Gasteiger partial charge in [0.2, 0.25) is 0 Å². The van der Waals surface area contributed by atoms with Crippen LogP contribution in [-0.2, 0) is 18.7 Å². The minimum atomic E-state index is -2.01. The highest BCUT2D eigenvalue weighted by Crippen LogP contribution is 2.46. The van der Waals surface area contributed by atoms with Crippen LogP contribution in [0, 0.1) is 11.8 Å². The van der Waals surface area contributed by atoms with E-state index in [1.54, 1.807) is 6.92 Å². The van der Waals surface area contributed by atoms with Crippen molar-refractivity contribution in [3.8, 4) is 0 Å². The molecule has 3 heterocycles. The molecular weight excluding hydrogens is 368 g/mol. The first-order valence-electron chi connectivity index (χ1n) is 9.24. The lowest BCUT2D eigenvalue weighted by atomic mass is 9.90. The fraction of sp³-hybridized carbons (Fsp3) is 0.722. The Morgan fingerprint density at radius 2 is 1.93 bits per heavy atom. The molecule has 0 amide bonds. The Morgan fingerprint density at radius 1 is 1.26 bits per heavy atom. The largest absolute Gasteiger partial charge is 0.459 e. The van der Waals surface area contributed by atoms with Gasteiger partial charge in [-0.15, -0.1) is 0 Å². The van der Waals surface area contributed by atoms with Crippen molar-refractivity contribution in [2.24, 2.45) is 11.8 Å². The molecular formula is C18H28N2O6Si. The molecule has 0 unspecified atom stereocenters. The van der Waals surface area contributed by atoms with E-state index in [1.165, 1.54) is 16.8 Å². The van der Waals surface area contributed by atoms with Crippen LogP contribution < -0.4 is 11.2 Å². The second-order valence-electron chi connectivity index (χ2n) is 8.92. The maximum Gasteiger partial charge on any atom is 0.330 e. The van der Waals surface area contributed by atoms with E-state index in [-0.39, 0.29) is 16.9 Å². The van der Waals surface area contributed by atoms with Crippen LogP contribution >= 0.6 is 0 Å². The second kappa shape index (κ2) is 6.71. The average molecular weight is 397 g/mol. The Hall–Kier alpha value is -1.71. The molecule has 0 aromatic carbocycles. The number of nitrogens with zero attached hydrogens (tertiary/aromatic N) is 1. The molecule has 0 bridgehead atoms. The van der Waals surface area contributed by atoms with E-state index in [1.807, 2.05) is 0 Å². The summed E-state index contributed by atoms with van der Waals surface area (Å²) in [6.07, 6.45) is -0.216. The number of aromatic nitrogens is 2. The van der Waals surface area contributed by atoms with Crippen LogP contribution in [0.15, 0.2) is 21.9 Å². The number of ether oxygens (including phenoxy) is 2. The summed E-state index contributed by atoms with van der Waals surface area (Å²) in [4.78, 5) is 38.0. The van der Waals surface area contributed by atoms with Gasteiger partial charge in [-0.1, -0.05) is 27.7 Å². The maximum absolute atomic E-state index is 12.2. The standard InChI is InChI=1S/C18H28N2O6Si/c1-10-13-14(26-16(10)22)11(9-24-27(5,6)18(2,3)4)25-15(13)20-8-7-12(21)19-17(20)23/h7-8,10-11,13-15H,9H2,1-6H3,(H,19,21,23)/t10-,11-,13-,14-,15-/m1/s1. The zero-order chi connectivity index (χ0) is 20.1. The number of aromatic amines is 1. The first-order valence-corrected chi connectivity index (χ1v) is 12.1. The van der Waals surface area contributed by atoms with Gasteiger partial charge in [-0.3, -0.25) is 19.1 Å². The molecule has 27 heavy (non-hydrogen) atoms. The van der Waals surface area contributed by atoms with E-state index in [2.05, 4.69) is 38.8 Å². The Labute approximate surface area is 159 Å². The predicted octanol–water partition coefficient (Wildman–Crippen LogP) is 1.63. The topological polar surface area (TPSA) is 99.6 Å². The number of hydrogen-bond donors (Lipinski definition) is 1. The van der Waals surface area contributed by atoms with Gasteiger partial charge in [0.05, 0.1) is 18.4 Å². The van der Waals surface area contributed by atoms with Crippen LogP contribution in [-0.4, -0.2) is 42.7 Å². The lowest BCUT2D eigenvalue weighted by Crippen LogP contribution is -2.44. The first kappa shape index (κ1) is 20.0. The smallest absolute Gasteiger partial charge is 0.330 e. The molecule has 1 aromatic rings. The van der Waals surface area contributed by atoms with Crippen LogP contribution in [0.3, 0.4) is 0 Å². The summed E-state index contributed by atoms with van der Waals surface area (Å²) in [5.41, 5.74) is -1.04. The van der Waals surface area contributed by atoms with E-state index in [0.29, 0.717) is 6.61 Å². The van der Waals surface area contributed by atoms with E-state index < -0.39 is 43.9 Å². The highest BCUT2D eigenvalue weighted by Gasteiger charge is 2.57. The fourth-order valence-corrected chi connectivity index (χ4v) is 4.38. The predicted molar refractivity (Wildman–Crippen MR) is 101 cm³/mol. The number of carbonyl (C=O) groups is 1. The number of esters is 1. The van der Waals surface area contributed by atoms with Crippen LogP contribution in [0.4, 0.5) is 0 Å². The molecule has 5 atom stereocenters. The molecule has 0 spiro atoms. The van der Waals surface area contributed by atoms with Crippen molar-refractivity contribution in [2.75, 3.05) is 6.61 Å². The molecule has 8 nitrogen and oxygen atoms in total. The van der Waals surface area contributed by atoms with Crippen molar-refractivity contribution in [1.82, 2.24) is 9.55 Å². The van der Waals surface area contributed by atoms with Crippen molar-refractivity contribution in [1.29, 1.82) is 0 Å². The molecule has 0 aliphatic carbocycles. The highest BCUT2D eigenvalue weighted by molar-refractivity contribution is 6.74. The molecule has 3 rings (SSSR count). The lowest BCUT2D eigenvalue weighted by Gasteiger charge is -2.37. The Bertz CT molecular complexity index is 839. The fourth-order valence-electron chi connectivity index (χ4n) is 3.36. The first-order chi connectivity index (χ1) is 12.4. The minimum Gasteiger partial charge on any atom is -0.459 e. The molecule has 2 saturated heterocycles. The Kier molecular flexibility index (Phi) is 4.98. The number of H-pyrrole nitrogens is 1. The summed E-state index contributed by atoms with van der Waals surface area (Å²) in [5.74, 6) is -1.01. The summed E-state index contributed by atoms with van der Waals surface area (Å²) in [6.45, 7) is 12.8. The third-order valence-corrected chi connectivity index (χ3v) is 10.6. The van der Waals surface area contributed by atoms with Gasteiger partial charge in [0.25, 0.3) is 5.56 Å². The summed E-state index contributed by atoms with van der Waals surface area (Å²) in [5, 5.41) is 0.0416. The Balaban J connectivity index is 1.86. The molecule has 0 radical (unpaired) electrons. The van der Waals surface area contributed by atoms with Gasteiger partial charge in [0.1, 0.15) is 18.4 Å². The van der Waals surface area contributed by atoms with Crippen LogP contribution in [0.1, 0.15) is 33.9 Å². The quantitative estimate of drug-likeness (QED) is 0.613. The number of carbonyl (C=O) groups excluding carboxylic acids is 1. The number of rotatable bonds is 4. The molecule has 2 aliphatic heterocycles. The van der Waals surface area contributed by atoms with E-state index in [0.717, 1.165) is 0 Å². The van der Waals surface area contributed by atoms with E-state index in [9.17, 15) is 14.4 Å². The molecule has 9 heteroatoms. The maximum atomic E-state index is 12.2. The molecule has 0 saturated carbocycles. The zero-order valence-corrected chi connectivity index (χ0v) is 17.6. The highest BCUT2D eigenvalue weighted by atomic mass is 28.4. The normalized spacial score (nSPS) is 31.0. The average Bonchev–Trinajstić information content (AvgIpc) is 3.03. The number of nitrogens with one attached hydrogen (secondary N) is 1. The zero-order valence-electron chi connectivity index (χ0n) is 16.6. The summed E-state index contributed by atoms with van der Waals surface area (Å²) in [7, 11) is -2.01. The van der Waals surface area contributed by atoms with Gasteiger partial charge < -0.3 is 13.9 Å². The van der Waals surface area contributed by atoms with Gasteiger partial charge in [-0.05, 0) is 18.1 Å². The van der Waals surface area contributed by atoms with Gasteiger partial charge >= 0.3 is 11.7 Å². The summed E-state index contributed by atoms with van der Waals surface area (Å²) in [6, 6.07) is 1.27. The van der Waals surface area contributed by atoms with Crippen molar-refractivity contribution in [2.45, 2.75) is 64.3 Å². The van der Waals surface area contributed by atoms with Crippen molar-refractivity contribution in [3.63, 3.8) is 0 Å². The molecule has 150 valence electrons. The van der Waals surface area contributed by atoms with Crippen molar-refractivity contribution < 1.29 is 18.7 Å². The van der Waals surface area contributed by atoms with Gasteiger partial charge in [-0.2, -0.15) is 0 Å². The monoisotopic (exact) mass is 396 g/mol. The number of hydrogen-bond acceptors (Lipinski definition) is 6. The Morgan fingerprint density at radius 3 is 2.52 bits per heavy atom. The van der Waals surface area contributed by atoms with Gasteiger partial charge in [0.15, 0.2) is 8.32 Å². The van der Waals surface area contributed by atoms with E-state index in [4.69, 9.17) is 13.9 Å². The minimum absolute atomic E-state index is 0.0416. The molecule has 2 aliphatic rings. The summed E-state index contributed by atoms with van der Waals surface area (Å²) >= 11 is 0. The van der Waals surface area contributed by atoms with Gasteiger partial charge in [0, 0.05) is 12.3 Å². The van der Waals surface area contributed by atoms with Crippen LogP contribution in [0.5, 0.6) is 0 Å². The van der Waals surface area contributed by atoms with Crippen LogP contribution in [0.2, 0.25) is 18.1 Å². The van der Waals surface area contributed by atoms with Crippen LogP contribution in [0.25, 0.3) is 0 Å². The SMILES string of the molecule is C[C@H]1C(=O)O[C@H]2[C@@H]1[C@H](n1ccc(=O)[nH]c1=O)O[C@@H]2CO[Si](C)(C)C(C)(C)C. The third kappa shape index (κ3) is 3.55. The molecule has 1 aromatic heterocycles. The van der Waals surface area contributed by atoms with Crippen molar-refractivity contribution in [3.05, 3.63) is 33.1 Å². The molecule has 2 fully saturated rings. The summed E-state index contributed by atoms with van der Waals surface area (Å²) < 4.78 is 19.3. The van der Waals surface area contributed by atoms with E-state index >= 15 is 0 Å². The van der Waals surface area contributed by atoms with Crippen molar-refractivity contribution >= 4 is 14.3 Å². The van der Waals surface area contributed by atoms with Gasteiger partial charge in [-0.25, -0.2) is 4.79 Å². The second-order valence-corrected chi connectivity index (χ2v) is 13.7. The lowest BCUT2D eigenvalue weighted by molar-refractivity contribution is -0.151. The third-order valence-electron chi connectivity index (χ3n) is 6.13. The number of fused-ring (bicyclic) bond motifs is 1.